The largest absolute Gasteiger partial charge is 0.358 e. The fourth-order valence-corrected chi connectivity index (χ4v) is 3.43. The third-order valence-electron chi connectivity index (χ3n) is 4.46. The number of aromatic amines is 1. The van der Waals surface area contributed by atoms with Crippen LogP contribution < -0.4 is 5.32 Å². The smallest absolute Gasteiger partial charge is 0.246 e. The molecule has 2 saturated heterocycles. The van der Waals surface area contributed by atoms with Gasteiger partial charge in [-0.15, -0.1) is 0 Å². The number of nitrogens with one attached hydrogen (secondary N) is 2. The van der Waals surface area contributed by atoms with Crippen LogP contribution in [0.2, 0.25) is 0 Å². The number of fused-ring (bicyclic) bond motifs is 2. The quantitative estimate of drug-likeness (QED) is 0.870. The number of nitrogens with zero attached hydrogens (tertiary/aromatic N) is 1. The molecule has 1 aromatic carbocycles. The molecule has 0 bridgehead atoms. The van der Waals surface area contributed by atoms with Gasteiger partial charge in [-0.05, 0) is 30.4 Å². The predicted octanol–water partition coefficient (Wildman–Crippen LogP) is 1.20. The highest BCUT2D eigenvalue weighted by Crippen LogP contribution is 2.24. The van der Waals surface area contributed by atoms with Crippen molar-refractivity contribution in [2.24, 2.45) is 0 Å². The number of hydrogen-bond acceptors (Lipinski definition) is 2. The highest BCUT2D eigenvalue weighted by atomic mass is 16.2. The number of benzene rings is 1. The van der Waals surface area contributed by atoms with E-state index in [4.69, 9.17) is 0 Å². The summed E-state index contributed by atoms with van der Waals surface area (Å²) in [6.45, 7) is 0.708. The van der Waals surface area contributed by atoms with Gasteiger partial charge in [0.05, 0.1) is 0 Å². The summed E-state index contributed by atoms with van der Waals surface area (Å²) in [7, 11) is 0. The summed E-state index contributed by atoms with van der Waals surface area (Å²) in [6.07, 6.45) is 2.22. The van der Waals surface area contributed by atoms with Gasteiger partial charge in [-0.1, -0.05) is 18.2 Å². The van der Waals surface area contributed by atoms with Crippen LogP contribution in [0.3, 0.4) is 0 Å². The van der Waals surface area contributed by atoms with Crippen LogP contribution in [-0.4, -0.2) is 40.3 Å². The van der Waals surface area contributed by atoms with Gasteiger partial charge in [0.25, 0.3) is 0 Å². The maximum absolute atomic E-state index is 12.5. The minimum atomic E-state index is -0.445. The zero-order valence-corrected chi connectivity index (χ0v) is 11.6. The molecule has 2 aromatic rings. The van der Waals surface area contributed by atoms with Gasteiger partial charge in [0.15, 0.2) is 0 Å². The number of carbonyl (C=O) groups is 2. The molecule has 0 radical (unpaired) electrons. The van der Waals surface area contributed by atoms with Crippen molar-refractivity contribution in [3.05, 3.63) is 36.0 Å². The van der Waals surface area contributed by atoms with Gasteiger partial charge in [-0.3, -0.25) is 9.59 Å². The van der Waals surface area contributed by atoms with E-state index in [1.807, 2.05) is 30.3 Å². The molecule has 2 atom stereocenters. The van der Waals surface area contributed by atoms with Crippen molar-refractivity contribution in [1.82, 2.24) is 15.2 Å². The van der Waals surface area contributed by atoms with E-state index in [2.05, 4.69) is 10.3 Å². The summed E-state index contributed by atoms with van der Waals surface area (Å²) < 4.78 is 0. The molecule has 5 heteroatoms. The van der Waals surface area contributed by atoms with Gasteiger partial charge in [0.1, 0.15) is 12.1 Å². The number of carbonyl (C=O) groups excluding carboxylic acids is 2. The Balaban J connectivity index is 1.58. The van der Waals surface area contributed by atoms with Crippen LogP contribution in [0, 0.1) is 0 Å². The van der Waals surface area contributed by atoms with E-state index in [1.54, 1.807) is 4.90 Å². The number of para-hydroxylation sites is 1. The highest BCUT2D eigenvalue weighted by Gasteiger charge is 2.42. The lowest BCUT2D eigenvalue weighted by atomic mass is 10.0. The number of piperazine rings is 1. The molecule has 2 aliphatic rings. The first-order valence-corrected chi connectivity index (χ1v) is 7.40. The molecule has 0 aliphatic carbocycles. The maximum Gasteiger partial charge on any atom is 0.246 e. The molecule has 0 saturated carbocycles. The van der Waals surface area contributed by atoms with Crippen molar-refractivity contribution in [3.63, 3.8) is 0 Å². The molecule has 2 N–H and O–H groups in total. The summed E-state index contributed by atoms with van der Waals surface area (Å²) in [5.74, 6) is 0.0453. The van der Waals surface area contributed by atoms with Gasteiger partial charge in [0, 0.05) is 24.2 Å². The van der Waals surface area contributed by atoms with Crippen LogP contribution in [-0.2, 0) is 16.0 Å². The third-order valence-corrected chi connectivity index (χ3v) is 4.46. The normalized spacial score (nSPS) is 25.2. The molecule has 2 aliphatic heterocycles. The van der Waals surface area contributed by atoms with E-state index in [0.717, 1.165) is 29.4 Å². The number of hydrogen-bond donors (Lipinski definition) is 2. The second kappa shape index (κ2) is 4.62. The number of aromatic nitrogens is 1. The van der Waals surface area contributed by atoms with Crippen LogP contribution in [0.4, 0.5) is 0 Å². The Kier molecular flexibility index (Phi) is 2.74. The van der Waals surface area contributed by atoms with Crippen LogP contribution in [0.25, 0.3) is 10.9 Å². The van der Waals surface area contributed by atoms with Crippen molar-refractivity contribution in [3.8, 4) is 0 Å². The minimum absolute atomic E-state index is 0.00629. The molecular weight excluding hydrogens is 266 g/mol. The van der Waals surface area contributed by atoms with Crippen molar-refractivity contribution in [2.75, 3.05) is 6.54 Å². The standard InChI is InChI=1S/C16H17N3O2/c20-15-14-6-3-7-19(14)16(21)13(18-15)9-11-8-10-4-1-2-5-12(10)17-11/h1-2,4-5,8,13-14,17H,3,6-7,9H2,(H,18,20). The Morgan fingerprint density at radius 3 is 2.95 bits per heavy atom. The Labute approximate surface area is 122 Å². The lowest BCUT2D eigenvalue weighted by Crippen LogP contribution is -2.61. The van der Waals surface area contributed by atoms with E-state index >= 15 is 0 Å². The van der Waals surface area contributed by atoms with Crippen molar-refractivity contribution in [1.29, 1.82) is 0 Å². The Hall–Kier alpha value is -2.30. The average Bonchev–Trinajstić information content (AvgIpc) is 3.10. The van der Waals surface area contributed by atoms with E-state index < -0.39 is 6.04 Å². The van der Waals surface area contributed by atoms with Crippen molar-refractivity contribution < 1.29 is 9.59 Å². The average molecular weight is 283 g/mol. The highest BCUT2D eigenvalue weighted by molar-refractivity contribution is 5.97. The van der Waals surface area contributed by atoms with Crippen LogP contribution >= 0.6 is 0 Å². The summed E-state index contributed by atoms with van der Waals surface area (Å²) in [5, 5.41) is 4.01. The third kappa shape index (κ3) is 2.00. The topological polar surface area (TPSA) is 65.2 Å². The molecule has 21 heavy (non-hydrogen) atoms. The molecule has 2 fully saturated rings. The molecule has 4 rings (SSSR count). The van der Waals surface area contributed by atoms with Crippen LogP contribution in [0.15, 0.2) is 30.3 Å². The fourth-order valence-electron chi connectivity index (χ4n) is 3.43. The number of amides is 2. The molecule has 2 amide bonds. The molecule has 108 valence electrons. The zero-order valence-electron chi connectivity index (χ0n) is 11.6. The second-order valence-corrected chi connectivity index (χ2v) is 5.84. The Bertz CT molecular complexity index is 688. The van der Waals surface area contributed by atoms with E-state index in [0.29, 0.717) is 13.0 Å². The van der Waals surface area contributed by atoms with Crippen molar-refractivity contribution in [2.45, 2.75) is 31.3 Å². The van der Waals surface area contributed by atoms with E-state index in [-0.39, 0.29) is 17.9 Å². The number of H-pyrrole nitrogens is 1. The molecule has 5 nitrogen and oxygen atoms in total. The lowest BCUT2D eigenvalue weighted by molar-refractivity contribution is -0.147. The first kappa shape index (κ1) is 12.4. The first-order valence-electron chi connectivity index (χ1n) is 7.40. The van der Waals surface area contributed by atoms with Crippen molar-refractivity contribution >= 4 is 22.7 Å². The summed E-state index contributed by atoms with van der Waals surface area (Å²) in [4.78, 5) is 29.6. The molecule has 2 unspecified atom stereocenters. The molecule has 0 spiro atoms. The minimum Gasteiger partial charge on any atom is -0.358 e. The Morgan fingerprint density at radius 1 is 1.24 bits per heavy atom. The molecule has 1 aromatic heterocycles. The fraction of sp³-hybridized carbons (Fsp3) is 0.375. The van der Waals surface area contributed by atoms with E-state index in [1.165, 1.54) is 0 Å². The van der Waals surface area contributed by atoms with Crippen LogP contribution in [0.1, 0.15) is 18.5 Å². The molecule has 3 heterocycles. The predicted molar refractivity (Wildman–Crippen MR) is 78.7 cm³/mol. The summed E-state index contributed by atoms with van der Waals surface area (Å²) in [6, 6.07) is 9.37. The second-order valence-electron chi connectivity index (χ2n) is 5.84. The summed E-state index contributed by atoms with van der Waals surface area (Å²) in [5.41, 5.74) is 2.04. The summed E-state index contributed by atoms with van der Waals surface area (Å²) >= 11 is 0. The number of rotatable bonds is 2. The van der Waals surface area contributed by atoms with Gasteiger partial charge < -0.3 is 15.2 Å². The van der Waals surface area contributed by atoms with Gasteiger partial charge in [-0.25, -0.2) is 0 Å². The lowest BCUT2D eigenvalue weighted by Gasteiger charge is -2.34. The monoisotopic (exact) mass is 283 g/mol. The maximum atomic E-state index is 12.5. The van der Waals surface area contributed by atoms with Gasteiger partial charge >= 0.3 is 0 Å². The van der Waals surface area contributed by atoms with Crippen LogP contribution in [0.5, 0.6) is 0 Å². The van der Waals surface area contributed by atoms with Gasteiger partial charge in [-0.2, -0.15) is 0 Å². The first-order chi connectivity index (χ1) is 10.2. The molecular formula is C16H17N3O2. The Morgan fingerprint density at radius 2 is 2.10 bits per heavy atom. The van der Waals surface area contributed by atoms with E-state index in [9.17, 15) is 9.59 Å². The van der Waals surface area contributed by atoms with Gasteiger partial charge in [0.2, 0.25) is 11.8 Å². The SMILES string of the molecule is O=C1NC(Cc2cc3ccccc3[nH]2)C(=O)N2CCCC12. The zero-order chi connectivity index (χ0) is 14.4.